The van der Waals surface area contributed by atoms with E-state index in [-0.39, 0.29) is 11.6 Å². The first kappa shape index (κ1) is 12.0. The molecule has 0 spiro atoms. The van der Waals surface area contributed by atoms with Gasteiger partial charge in [0.2, 0.25) is 0 Å². The SMILES string of the molecule is CN(C)C(=O)NCCNc1cn[nH]c(=O)c1. The van der Waals surface area contributed by atoms with Crippen LogP contribution in [0.25, 0.3) is 0 Å². The smallest absolute Gasteiger partial charge is 0.316 e. The third-order valence-corrected chi connectivity index (χ3v) is 1.80. The van der Waals surface area contributed by atoms with Gasteiger partial charge in [0.25, 0.3) is 5.56 Å². The summed E-state index contributed by atoms with van der Waals surface area (Å²) in [7, 11) is 3.34. The summed E-state index contributed by atoms with van der Waals surface area (Å²) in [6.07, 6.45) is 1.51. The van der Waals surface area contributed by atoms with Crippen molar-refractivity contribution in [2.24, 2.45) is 0 Å². The van der Waals surface area contributed by atoms with Gasteiger partial charge in [0.05, 0.1) is 11.9 Å². The minimum Gasteiger partial charge on any atom is -0.382 e. The zero-order valence-electron chi connectivity index (χ0n) is 9.28. The molecule has 16 heavy (non-hydrogen) atoms. The molecule has 0 aliphatic rings. The highest BCUT2D eigenvalue weighted by Gasteiger charge is 2.00. The van der Waals surface area contributed by atoms with E-state index in [4.69, 9.17) is 0 Å². The first-order valence-corrected chi connectivity index (χ1v) is 4.83. The average Bonchev–Trinajstić information content (AvgIpc) is 2.24. The lowest BCUT2D eigenvalue weighted by Crippen LogP contribution is -2.37. The third kappa shape index (κ3) is 3.99. The van der Waals surface area contributed by atoms with Crippen molar-refractivity contribution in [3.63, 3.8) is 0 Å². The van der Waals surface area contributed by atoms with Gasteiger partial charge in [0, 0.05) is 33.3 Å². The molecule has 7 heteroatoms. The minimum atomic E-state index is -0.262. The van der Waals surface area contributed by atoms with Crippen LogP contribution < -0.4 is 16.2 Å². The van der Waals surface area contributed by atoms with Crippen molar-refractivity contribution in [1.29, 1.82) is 0 Å². The number of nitrogens with one attached hydrogen (secondary N) is 3. The fourth-order valence-electron chi connectivity index (χ4n) is 1.01. The van der Waals surface area contributed by atoms with Crippen LogP contribution in [-0.4, -0.2) is 48.3 Å². The van der Waals surface area contributed by atoms with E-state index in [1.165, 1.54) is 17.2 Å². The zero-order chi connectivity index (χ0) is 12.0. The Balaban J connectivity index is 2.26. The van der Waals surface area contributed by atoms with E-state index >= 15 is 0 Å². The van der Waals surface area contributed by atoms with Gasteiger partial charge in [-0.3, -0.25) is 4.79 Å². The predicted molar refractivity (Wildman–Crippen MR) is 60.4 cm³/mol. The Hall–Kier alpha value is -2.05. The Labute approximate surface area is 92.8 Å². The van der Waals surface area contributed by atoms with Gasteiger partial charge in [0.15, 0.2) is 0 Å². The molecule has 0 aliphatic carbocycles. The molecule has 0 bridgehead atoms. The zero-order valence-corrected chi connectivity index (χ0v) is 9.28. The highest BCUT2D eigenvalue weighted by atomic mass is 16.2. The molecule has 0 aliphatic heterocycles. The Morgan fingerprint density at radius 2 is 2.25 bits per heavy atom. The van der Waals surface area contributed by atoms with Gasteiger partial charge in [0.1, 0.15) is 0 Å². The molecule has 88 valence electrons. The Morgan fingerprint density at radius 3 is 2.88 bits per heavy atom. The van der Waals surface area contributed by atoms with Crippen LogP contribution in [0.15, 0.2) is 17.1 Å². The highest BCUT2D eigenvalue weighted by Crippen LogP contribution is 1.96. The van der Waals surface area contributed by atoms with Crippen molar-refractivity contribution in [3.8, 4) is 0 Å². The molecule has 0 radical (unpaired) electrons. The Bertz CT molecular complexity index is 401. The Kier molecular flexibility index (Phi) is 4.31. The number of amides is 2. The van der Waals surface area contributed by atoms with Gasteiger partial charge < -0.3 is 15.5 Å². The monoisotopic (exact) mass is 225 g/mol. The summed E-state index contributed by atoms with van der Waals surface area (Å²) in [6.45, 7) is 1.01. The van der Waals surface area contributed by atoms with Crippen LogP contribution in [0.4, 0.5) is 10.5 Å². The average molecular weight is 225 g/mol. The lowest BCUT2D eigenvalue weighted by molar-refractivity contribution is 0.218. The first-order chi connectivity index (χ1) is 7.59. The number of hydrogen-bond donors (Lipinski definition) is 3. The first-order valence-electron chi connectivity index (χ1n) is 4.83. The molecule has 0 aromatic carbocycles. The molecule has 0 atom stereocenters. The van der Waals surface area contributed by atoms with Gasteiger partial charge in [-0.15, -0.1) is 0 Å². The number of carbonyl (C=O) groups excluding carboxylic acids is 1. The molecule has 1 aromatic rings. The summed E-state index contributed by atoms with van der Waals surface area (Å²) in [5.41, 5.74) is 0.366. The highest BCUT2D eigenvalue weighted by molar-refractivity contribution is 5.73. The Morgan fingerprint density at radius 1 is 1.50 bits per heavy atom. The molecule has 0 saturated carbocycles. The van der Waals surface area contributed by atoms with Crippen LogP contribution in [0, 0.1) is 0 Å². The maximum Gasteiger partial charge on any atom is 0.316 e. The van der Waals surface area contributed by atoms with Crippen molar-refractivity contribution in [2.75, 3.05) is 32.5 Å². The lowest BCUT2D eigenvalue weighted by Gasteiger charge is -2.12. The maximum atomic E-state index is 11.1. The molecule has 0 unspecified atom stereocenters. The molecule has 0 saturated heterocycles. The van der Waals surface area contributed by atoms with Gasteiger partial charge in [-0.25, -0.2) is 9.89 Å². The van der Waals surface area contributed by atoms with E-state index in [0.29, 0.717) is 18.8 Å². The fraction of sp³-hybridized carbons (Fsp3) is 0.444. The second kappa shape index (κ2) is 5.74. The van der Waals surface area contributed by atoms with Crippen LogP contribution in [0.3, 0.4) is 0 Å². The molecule has 1 rings (SSSR count). The molecule has 2 amide bonds. The van der Waals surface area contributed by atoms with Crippen LogP contribution in [0.1, 0.15) is 0 Å². The summed E-state index contributed by atoms with van der Waals surface area (Å²) in [6, 6.07) is 1.26. The normalized spacial score (nSPS) is 9.62. The van der Waals surface area contributed by atoms with E-state index in [0.717, 1.165) is 0 Å². The number of aromatic amines is 1. The van der Waals surface area contributed by atoms with E-state index in [2.05, 4.69) is 20.8 Å². The summed E-state index contributed by atoms with van der Waals surface area (Å²) < 4.78 is 0. The quantitative estimate of drug-likeness (QED) is 0.600. The number of anilines is 1. The van der Waals surface area contributed by atoms with Gasteiger partial charge >= 0.3 is 6.03 Å². The molecule has 1 heterocycles. The number of rotatable bonds is 4. The number of carbonyl (C=O) groups is 1. The molecule has 1 aromatic heterocycles. The van der Waals surface area contributed by atoms with Crippen molar-refractivity contribution < 1.29 is 4.79 Å². The van der Waals surface area contributed by atoms with Crippen LogP contribution >= 0.6 is 0 Å². The maximum absolute atomic E-state index is 11.1. The standard InChI is InChI=1S/C9H15N5O2/c1-14(2)9(16)11-4-3-10-7-5-8(15)13-12-6-7/h5-6H,3-4H2,1-2H3,(H,11,16)(H2,10,13,15). The second-order valence-corrected chi connectivity index (χ2v) is 3.39. The van der Waals surface area contributed by atoms with E-state index < -0.39 is 0 Å². The fourth-order valence-corrected chi connectivity index (χ4v) is 1.01. The van der Waals surface area contributed by atoms with E-state index in [1.807, 2.05) is 0 Å². The largest absolute Gasteiger partial charge is 0.382 e. The van der Waals surface area contributed by atoms with Crippen LogP contribution in [-0.2, 0) is 0 Å². The van der Waals surface area contributed by atoms with Crippen molar-refractivity contribution in [1.82, 2.24) is 20.4 Å². The molecular formula is C9H15N5O2. The van der Waals surface area contributed by atoms with Gasteiger partial charge in [-0.05, 0) is 0 Å². The number of H-pyrrole nitrogens is 1. The summed E-state index contributed by atoms with van der Waals surface area (Å²) in [5, 5.41) is 11.6. The lowest BCUT2D eigenvalue weighted by atomic mass is 10.4. The van der Waals surface area contributed by atoms with Crippen molar-refractivity contribution in [2.45, 2.75) is 0 Å². The van der Waals surface area contributed by atoms with Crippen molar-refractivity contribution in [3.05, 3.63) is 22.6 Å². The molecular weight excluding hydrogens is 210 g/mol. The van der Waals surface area contributed by atoms with Crippen LogP contribution in [0.5, 0.6) is 0 Å². The summed E-state index contributed by atoms with van der Waals surface area (Å²) >= 11 is 0. The number of nitrogens with zero attached hydrogens (tertiary/aromatic N) is 2. The van der Waals surface area contributed by atoms with E-state index in [9.17, 15) is 9.59 Å². The topological polar surface area (TPSA) is 90.1 Å². The van der Waals surface area contributed by atoms with Gasteiger partial charge in [-0.1, -0.05) is 0 Å². The summed E-state index contributed by atoms with van der Waals surface area (Å²) in [5.74, 6) is 0. The van der Waals surface area contributed by atoms with Gasteiger partial charge in [-0.2, -0.15) is 5.10 Å². The predicted octanol–water partition coefficient (Wildman–Crippen LogP) is -0.547. The molecule has 7 nitrogen and oxygen atoms in total. The number of urea groups is 1. The third-order valence-electron chi connectivity index (χ3n) is 1.80. The number of hydrogen-bond acceptors (Lipinski definition) is 4. The molecule has 0 fully saturated rings. The van der Waals surface area contributed by atoms with E-state index in [1.54, 1.807) is 14.1 Å². The minimum absolute atomic E-state index is 0.147. The molecule has 3 N–H and O–H groups in total. The number of aromatic nitrogens is 2. The second-order valence-electron chi connectivity index (χ2n) is 3.39. The summed E-state index contributed by atoms with van der Waals surface area (Å²) in [4.78, 5) is 23.5. The van der Waals surface area contributed by atoms with Crippen LogP contribution in [0.2, 0.25) is 0 Å². The van der Waals surface area contributed by atoms with Crippen molar-refractivity contribution >= 4 is 11.7 Å².